The third-order valence-electron chi connectivity index (χ3n) is 3.38. The zero-order valence-electron chi connectivity index (χ0n) is 10.5. The van der Waals surface area contributed by atoms with Crippen LogP contribution in [0.1, 0.15) is 23.7 Å². The molecule has 3 nitrogen and oxygen atoms in total. The number of rotatable bonds is 2. The van der Waals surface area contributed by atoms with Crippen LogP contribution in [0.2, 0.25) is 0 Å². The molecule has 19 heavy (non-hydrogen) atoms. The van der Waals surface area contributed by atoms with Gasteiger partial charge in [-0.3, -0.25) is 4.79 Å². The predicted molar refractivity (Wildman–Crippen MR) is 64.2 cm³/mol. The Balaban J connectivity index is 2.16. The van der Waals surface area contributed by atoms with Crippen LogP contribution in [0.3, 0.4) is 0 Å². The van der Waals surface area contributed by atoms with Crippen molar-refractivity contribution in [2.75, 3.05) is 13.1 Å². The Bertz CT molecular complexity index is 470. The number of carbonyl (C=O) groups excluding carboxylic acids is 1. The lowest BCUT2D eigenvalue weighted by molar-refractivity contribution is 0.0906. The number of halogens is 3. The summed E-state index contributed by atoms with van der Waals surface area (Å²) in [7, 11) is 0. The van der Waals surface area contributed by atoms with Crippen molar-refractivity contribution in [2.24, 2.45) is 5.92 Å². The summed E-state index contributed by atoms with van der Waals surface area (Å²) in [5.74, 6) is -4.05. The minimum atomic E-state index is -1.19. The summed E-state index contributed by atoms with van der Waals surface area (Å²) in [6.45, 7) is 3.37. The van der Waals surface area contributed by atoms with Crippen molar-refractivity contribution in [3.63, 3.8) is 0 Å². The average Bonchev–Trinajstić information content (AvgIpc) is 2.30. The molecule has 1 aromatic rings. The number of hydrogen-bond donors (Lipinski definition) is 2. The van der Waals surface area contributed by atoms with Gasteiger partial charge in [-0.2, -0.15) is 0 Å². The lowest BCUT2D eigenvalue weighted by atomic mass is 9.94. The first-order chi connectivity index (χ1) is 8.99. The molecule has 0 aromatic heterocycles. The van der Waals surface area contributed by atoms with Crippen molar-refractivity contribution < 1.29 is 18.0 Å². The Kier molecular flexibility index (Phi) is 4.09. The smallest absolute Gasteiger partial charge is 0.257 e. The van der Waals surface area contributed by atoms with Crippen LogP contribution in [0.25, 0.3) is 0 Å². The van der Waals surface area contributed by atoms with E-state index in [4.69, 9.17) is 0 Å². The molecule has 0 bridgehead atoms. The van der Waals surface area contributed by atoms with Crippen LogP contribution in [0, 0.1) is 23.4 Å². The van der Waals surface area contributed by atoms with Crippen molar-refractivity contribution in [3.8, 4) is 0 Å². The van der Waals surface area contributed by atoms with Crippen molar-refractivity contribution in [2.45, 2.75) is 19.4 Å². The second-order valence-corrected chi connectivity index (χ2v) is 4.79. The Morgan fingerprint density at radius 1 is 1.32 bits per heavy atom. The van der Waals surface area contributed by atoms with Crippen LogP contribution in [0.4, 0.5) is 13.2 Å². The maximum atomic E-state index is 13.5. The molecular weight excluding hydrogens is 257 g/mol. The van der Waals surface area contributed by atoms with Gasteiger partial charge < -0.3 is 10.6 Å². The van der Waals surface area contributed by atoms with Crippen LogP contribution < -0.4 is 10.6 Å². The summed E-state index contributed by atoms with van der Waals surface area (Å²) in [4.78, 5) is 11.9. The van der Waals surface area contributed by atoms with E-state index in [1.165, 1.54) is 0 Å². The van der Waals surface area contributed by atoms with Crippen molar-refractivity contribution >= 4 is 5.91 Å². The van der Waals surface area contributed by atoms with E-state index < -0.39 is 28.9 Å². The maximum Gasteiger partial charge on any atom is 0.257 e. The van der Waals surface area contributed by atoms with Crippen LogP contribution in [-0.4, -0.2) is 25.0 Å². The normalized spacial score (nSPS) is 23.2. The van der Waals surface area contributed by atoms with Crippen LogP contribution in [0.5, 0.6) is 0 Å². The van der Waals surface area contributed by atoms with Gasteiger partial charge in [0.2, 0.25) is 0 Å². The summed E-state index contributed by atoms with van der Waals surface area (Å²) in [5.41, 5.74) is -0.737. The molecule has 1 amide bonds. The van der Waals surface area contributed by atoms with Gasteiger partial charge in [-0.25, -0.2) is 13.2 Å². The van der Waals surface area contributed by atoms with Gasteiger partial charge in [-0.15, -0.1) is 0 Å². The van der Waals surface area contributed by atoms with E-state index in [1.54, 1.807) is 0 Å². The molecule has 104 valence electrons. The monoisotopic (exact) mass is 272 g/mol. The fourth-order valence-electron chi connectivity index (χ4n) is 2.18. The summed E-state index contributed by atoms with van der Waals surface area (Å²) < 4.78 is 39.7. The highest BCUT2D eigenvalue weighted by Crippen LogP contribution is 2.17. The molecule has 0 saturated carbocycles. The van der Waals surface area contributed by atoms with Crippen LogP contribution in [-0.2, 0) is 0 Å². The molecule has 2 N–H and O–H groups in total. The van der Waals surface area contributed by atoms with Gasteiger partial charge in [0.15, 0.2) is 0 Å². The first-order valence-electron chi connectivity index (χ1n) is 6.15. The summed E-state index contributed by atoms with van der Waals surface area (Å²) in [6.07, 6.45) is 0.874. The molecule has 1 aliphatic rings. The zero-order chi connectivity index (χ0) is 14.0. The minimum Gasteiger partial charge on any atom is -0.348 e. The molecule has 6 heteroatoms. The molecule has 1 aliphatic heterocycles. The van der Waals surface area contributed by atoms with Gasteiger partial charge in [0.05, 0.1) is 0 Å². The average molecular weight is 272 g/mol. The molecular formula is C13H15F3N2O. The van der Waals surface area contributed by atoms with Gasteiger partial charge in [0, 0.05) is 24.7 Å². The molecule has 2 atom stereocenters. The second kappa shape index (κ2) is 5.61. The van der Waals surface area contributed by atoms with E-state index in [-0.39, 0.29) is 12.0 Å². The van der Waals surface area contributed by atoms with E-state index in [1.807, 2.05) is 6.92 Å². The fraction of sp³-hybridized carbons (Fsp3) is 0.462. The Morgan fingerprint density at radius 3 is 2.53 bits per heavy atom. The SMILES string of the molecule is C[C@H]1CCNC[C@H]1NC(=O)c1c(F)cc(F)cc1F. The summed E-state index contributed by atoms with van der Waals surface area (Å²) in [5, 5.41) is 5.68. The standard InChI is InChI=1S/C13H15F3N2O/c1-7-2-3-17-6-11(7)18-13(19)12-9(15)4-8(14)5-10(12)16/h4-5,7,11,17H,2-3,6H2,1H3,(H,18,19)/t7-,11+/m0/s1. The lowest BCUT2D eigenvalue weighted by Crippen LogP contribution is -2.50. The number of nitrogens with one attached hydrogen (secondary N) is 2. The van der Waals surface area contributed by atoms with E-state index in [0.29, 0.717) is 18.7 Å². The van der Waals surface area contributed by atoms with Gasteiger partial charge in [0.25, 0.3) is 5.91 Å². The summed E-state index contributed by atoms with van der Waals surface area (Å²) >= 11 is 0. The maximum absolute atomic E-state index is 13.5. The second-order valence-electron chi connectivity index (χ2n) is 4.79. The van der Waals surface area contributed by atoms with Gasteiger partial charge >= 0.3 is 0 Å². The number of piperidine rings is 1. The van der Waals surface area contributed by atoms with Crippen molar-refractivity contribution in [1.82, 2.24) is 10.6 Å². The molecule has 0 radical (unpaired) electrons. The molecule has 1 heterocycles. The number of amides is 1. The first kappa shape index (κ1) is 13.9. The van der Waals surface area contributed by atoms with Crippen LogP contribution in [0.15, 0.2) is 12.1 Å². The van der Waals surface area contributed by atoms with Gasteiger partial charge in [0.1, 0.15) is 23.0 Å². The Labute approximate surface area is 109 Å². The molecule has 0 unspecified atom stereocenters. The van der Waals surface area contributed by atoms with Crippen LogP contribution >= 0.6 is 0 Å². The third kappa shape index (κ3) is 3.07. The van der Waals surface area contributed by atoms with Gasteiger partial charge in [-0.05, 0) is 18.9 Å². The minimum absolute atomic E-state index is 0.190. The molecule has 1 fully saturated rings. The predicted octanol–water partition coefficient (Wildman–Crippen LogP) is 1.83. The summed E-state index contributed by atoms with van der Waals surface area (Å²) in [6, 6.07) is 0.811. The fourth-order valence-corrected chi connectivity index (χ4v) is 2.18. The zero-order valence-corrected chi connectivity index (χ0v) is 10.5. The number of carbonyl (C=O) groups is 1. The van der Waals surface area contributed by atoms with E-state index in [2.05, 4.69) is 10.6 Å². The molecule has 1 aromatic carbocycles. The molecule has 0 aliphatic carbocycles. The largest absolute Gasteiger partial charge is 0.348 e. The molecule has 2 rings (SSSR count). The highest BCUT2D eigenvalue weighted by atomic mass is 19.1. The first-order valence-corrected chi connectivity index (χ1v) is 6.15. The lowest BCUT2D eigenvalue weighted by Gasteiger charge is -2.30. The molecule has 1 saturated heterocycles. The topological polar surface area (TPSA) is 41.1 Å². The van der Waals surface area contributed by atoms with E-state index >= 15 is 0 Å². The Morgan fingerprint density at radius 2 is 1.95 bits per heavy atom. The van der Waals surface area contributed by atoms with Gasteiger partial charge in [-0.1, -0.05) is 6.92 Å². The third-order valence-corrected chi connectivity index (χ3v) is 3.38. The molecule has 0 spiro atoms. The van der Waals surface area contributed by atoms with Crippen molar-refractivity contribution in [3.05, 3.63) is 35.1 Å². The quantitative estimate of drug-likeness (QED) is 0.862. The Hall–Kier alpha value is -1.56. The number of hydrogen-bond acceptors (Lipinski definition) is 2. The number of benzene rings is 1. The van der Waals surface area contributed by atoms with Crippen molar-refractivity contribution in [1.29, 1.82) is 0 Å². The van der Waals surface area contributed by atoms with E-state index in [9.17, 15) is 18.0 Å². The highest BCUT2D eigenvalue weighted by Gasteiger charge is 2.26. The van der Waals surface area contributed by atoms with E-state index in [0.717, 1.165) is 13.0 Å². The highest BCUT2D eigenvalue weighted by molar-refractivity contribution is 5.95.